The molecule has 0 unspecified atom stereocenters. The molecule has 1 aromatic rings. The van der Waals surface area contributed by atoms with Gasteiger partial charge in [0, 0.05) is 17.4 Å². The molecule has 1 amide bonds. The highest BCUT2D eigenvalue weighted by Gasteiger charge is 2.37. The Kier molecular flexibility index (Phi) is 3.90. The molecule has 7 heteroatoms. The van der Waals surface area contributed by atoms with Gasteiger partial charge in [0.2, 0.25) is 0 Å². The lowest BCUT2D eigenvalue weighted by molar-refractivity contribution is -0.135. The third-order valence-electron chi connectivity index (χ3n) is 3.06. The van der Waals surface area contributed by atoms with Crippen LogP contribution in [0.5, 0.6) is 0 Å². The molecule has 1 aliphatic rings. The molecule has 0 aromatic heterocycles. The summed E-state index contributed by atoms with van der Waals surface area (Å²) in [5, 5.41) is 0. The number of nitrogens with zero attached hydrogens (tertiary/aromatic N) is 1. The molecule has 0 saturated heterocycles. The molecule has 0 radical (unpaired) electrons. The normalized spacial score (nSPS) is 14.9. The zero-order valence-corrected chi connectivity index (χ0v) is 12.1. The maximum Gasteiger partial charge on any atom is 0.389 e. The second-order valence-corrected chi connectivity index (χ2v) is 5.54. The molecule has 0 spiro atoms. The molecule has 108 valence electrons. The molecule has 0 saturated carbocycles. The lowest BCUT2D eigenvalue weighted by atomic mass is 10.1. The van der Waals surface area contributed by atoms with Crippen LogP contribution in [0.1, 0.15) is 28.8 Å². The van der Waals surface area contributed by atoms with Crippen molar-refractivity contribution >= 4 is 33.3 Å². The van der Waals surface area contributed by atoms with Gasteiger partial charge < -0.3 is 4.90 Å². The highest BCUT2D eigenvalue weighted by atomic mass is 79.9. The minimum Gasteiger partial charge on any atom is -0.304 e. The molecule has 3 nitrogen and oxygen atoms in total. The predicted octanol–water partition coefficient (Wildman–Crippen LogP) is 3.63. The Morgan fingerprint density at radius 3 is 2.50 bits per heavy atom. The maximum absolute atomic E-state index is 12.2. The highest BCUT2D eigenvalue weighted by molar-refractivity contribution is 9.10. The van der Waals surface area contributed by atoms with Crippen molar-refractivity contribution in [2.24, 2.45) is 0 Å². The number of anilines is 1. The zero-order valence-electron chi connectivity index (χ0n) is 10.6. The number of fused-ring (bicyclic) bond motifs is 1. The van der Waals surface area contributed by atoms with Gasteiger partial charge in [-0.3, -0.25) is 9.59 Å². The van der Waals surface area contributed by atoms with E-state index < -0.39 is 24.3 Å². The predicted molar refractivity (Wildman–Crippen MR) is 70.9 cm³/mol. The quantitative estimate of drug-likeness (QED) is 0.781. The van der Waals surface area contributed by atoms with Gasteiger partial charge in [-0.1, -0.05) is 15.9 Å². The van der Waals surface area contributed by atoms with Crippen LogP contribution in [0.25, 0.3) is 0 Å². The Morgan fingerprint density at radius 1 is 1.25 bits per heavy atom. The number of benzene rings is 1. The summed E-state index contributed by atoms with van der Waals surface area (Å²) in [6, 6.07) is 3.24. The first-order valence-corrected chi connectivity index (χ1v) is 6.73. The van der Waals surface area contributed by atoms with Crippen molar-refractivity contribution in [3.63, 3.8) is 0 Å². The standard InChI is InChI=1S/C13H11BrF3NO2/c1-7-5-8(14)6-9-10(7)18(12(20)11(9)19)4-2-3-13(15,16)17/h5-6H,2-4H2,1H3. The summed E-state index contributed by atoms with van der Waals surface area (Å²) in [6.07, 6.45) is -5.46. The second kappa shape index (κ2) is 5.20. The van der Waals surface area contributed by atoms with E-state index >= 15 is 0 Å². The lowest BCUT2D eigenvalue weighted by Crippen LogP contribution is -2.31. The van der Waals surface area contributed by atoms with Crippen molar-refractivity contribution in [3.05, 3.63) is 27.7 Å². The van der Waals surface area contributed by atoms with E-state index in [4.69, 9.17) is 0 Å². The van der Waals surface area contributed by atoms with Gasteiger partial charge in [-0.05, 0) is 31.0 Å². The number of hydrogen-bond acceptors (Lipinski definition) is 2. The number of hydrogen-bond donors (Lipinski definition) is 0. The van der Waals surface area contributed by atoms with Gasteiger partial charge in [0.15, 0.2) is 0 Å². The van der Waals surface area contributed by atoms with E-state index in [0.29, 0.717) is 15.7 Å². The van der Waals surface area contributed by atoms with E-state index in [1.807, 2.05) is 0 Å². The molecule has 0 N–H and O–H groups in total. The second-order valence-electron chi connectivity index (χ2n) is 4.62. The van der Waals surface area contributed by atoms with E-state index in [-0.39, 0.29) is 18.5 Å². The number of aryl methyl sites for hydroxylation is 1. The monoisotopic (exact) mass is 349 g/mol. The van der Waals surface area contributed by atoms with Crippen LogP contribution in [0.4, 0.5) is 18.9 Å². The molecule has 0 aliphatic carbocycles. The average molecular weight is 350 g/mol. The molecular weight excluding hydrogens is 339 g/mol. The molecule has 0 atom stereocenters. The number of Topliss-reactive ketones (excluding diaryl/α,β-unsaturated/α-hetero) is 1. The Labute approximate surface area is 121 Å². The van der Waals surface area contributed by atoms with Crippen LogP contribution in [0, 0.1) is 6.92 Å². The SMILES string of the molecule is Cc1cc(Br)cc2c1N(CCCC(F)(F)F)C(=O)C2=O. The third-order valence-corrected chi connectivity index (χ3v) is 3.52. The molecule has 1 aromatic carbocycles. The van der Waals surface area contributed by atoms with Crippen LogP contribution in [0.3, 0.4) is 0 Å². The number of amides is 1. The fourth-order valence-electron chi connectivity index (χ4n) is 2.26. The summed E-state index contributed by atoms with van der Waals surface area (Å²) in [4.78, 5) is 24.8. The molecule has 2 rings (SSSR count). The largest absolute Gasteiger partial charge is 0.389 e. The first-order valence-electron chi connectivity index (χ1n) is 5.94. The Bertz CT molecular complexity index is 584. The fourth-order valence-corrected chi connectivity index (χ4v) is 2.83. The minimum atomic E-state index is -4.26. The van der Waals surface area contributed by atoms with E-state index in [2.05, 4.69) is 15.9 Å². The first kappa shape index (κ1) is 15.0. The fraction of sp³-hybridized carbons (Fsp3) is 0.385. The maximum atomic E-state index is 12.2. The van der Waals surface area contributed by atoms with Gasteiger partial charge in [-0.25, -0.2) is 0 Å². The zero-order chi connectivity index (χ0) is 15.1. The topological polar surface area (TPSA) is 37.4 Å². The summed E-state index contributed by atoms with van der Waals surface area (Å²) in [5.41, 5.74) is 1.35. The van der Waals surface area contributed by atoms with Crippen LogP contribution in [0.15, 0.2) is 16.6 Å². The van der Waals surface area contributed by atoms with Gasteiger partial charge in [0.25, 0.3) is 11.7 Å². The summed E-state index contributed by atoms with van der Waals surface area (Å²) in [6.45, 7) is 1.60. The van der Waals surface area contributed by atoms with Crippen LogP contribution in [-0.2, 0) is 4.79 Å². The van der Waals surface area contributed by atoms with Gasteiger partial charge in [-0.15, -0.1) is 0 Å². The van der Waals surface area contributed by atoms with Crippen LogP contribution < -0.4 is 4.90 Å². The van der Waals surface area contributed by atoms with Gasteiger partial charge in [-0.2, -0.15) is 13.2 Å². The number of carbonyl (C=O) groups is 2. The number of ketones is 1. The number of halogens is 4. The van der Waals surface area contributed by atoms with E-state index in [1.54, 1.807) is 13.0 Å². The first-order chi connectivity index (χ1) is 9.20. The summed E-state index contributed by atoms with van der Waals surface area (Å²) >= 11 is 3.23. The van der Waals surface area contributed by atoms with Crippen molar-refractivity contribution in [2.45, 2.75) is 25.9 Å². The number of alkyl halides is 3. The third kappa shape index (κ3) is 2.87. The van der Waals surface area contributed by atoms with Crippen molar-refractivity contribution in [1.29, 1.82) is 0 Å². The minimum absolute atomic E-state index is 0.112. The van der Waals surface area contributed by atoms with Crippen LogP contribution in [-0.4, -0.2) is 24.4 Å². The smallest absolute Gasteiger partial charge is 0.304 e. The summed E-state index contributed by atoms with van der Waals surface area (Å²) in [7, 11) is 0. The van der Waals surface area contributed by atoms with Gasteiger partial charge in [0.1, 0.15) is 0 Å². The lowest BCUT2D eigenvalue weighted by Gasteiger charge is -2.19. The number of rotatable bonds is 3. The van der Waals surface area contributed by atoms with Crippen molar-refractivity contribution in [1.82, 2.24) is 0 Å². The Hall–Kier alpha value is -1.37. The molecular formula is C13H11BrF3NO2. The molecule has 0 bridgehead atoms. The van der Waals surface area contributed by atoms with Crippen LogP contribution >= 0.6 is 15.9 Å². The highest BCUT2D eigenvalue weighted by Crippen LogP contribution is 2.35. The molecule has 20 heavy (non-hydrogen) atoms. The van der Waals surface area contributed by atoms with E-state index in [9.17, 15) is 22.8 Å². The van der Waals surface area contributed by atoms with E-state index in [0.717, 1.165) is 4.90 Å². The Morgan fingerprint density at radius 2 is 1.90 bits per heavy atom. The van der Waals surface area contributed by atoms with Gasteiger partial charge >= 0.3 is 6.18 Å². The molecule has 0 fully saturated rings. The van der Waals surface area contributed by atoms with Crippen molar-refractivity contribution in [3.8, 4) is 0 Å². The molecule has 1 aliphatic heterocycles. The van der Waals surface area contributed by atoms with Crippen molar-refractivity contribution < 1.29 is 22.8 Å². The summed E-state index contributed by atoms with van der Waals surface area (Å²) in [5.74, 6) is -1.43. The van der Waals surface area contributed by atoms with Crippen LogP contribution in [0.2, 0.25) is 0 Å². The van der Waals surface area contributed by atoms with Crippen molar-refractivity contribution in [2.75, 3.05) is 11.4 Å². The van der Waals surface area contributed by atoms with E-state index in [1.165, 1.54) is 6.07 Å². The number of carbonyl (C=O) groups excluding carboxylic acids is 2. The van der Waals surface area contributed by atoms with Gasteiger partial charge in [0.05, 0.1) is 11.3 Å². The summed E-state index contributed by atoms with van der Waals surface area (Å²) < 4.78 is 37.1. The Balaban J connectivity index is 2.25. The molecule has 1 heterocycles. The average Bonchev–Trinajstić information content (AvgIpc) is 2.53.